The predicted molar refractivity (Wildman–Crippen MR) is 70.1 cm³/mol. The molecule has 1 aliphatic heterocycles. The minimum absolute atomic E-state index is 0.209. The van der Waals surface area contributed by atoms with Gasteiger partial charge in [0.1, 0.15) is 0 Å². The summed E-state index contributed by atoms with van der Waals surface area (Å²) in [5.74, 6) is 0.209. The van der Waals surface area contributed by atoms with Crippen molar-refractivity contribution < 1.29 is 4.79 Å². The molecule has 0 atom stereocenters. The first-order valence-electron chi connectivity index (χ1n) is 5.95. The van der Waals surface area contributed by atoms with Crippen molar-refractivity contribution in [1.29, 1.82) is 0 Å². The Morgan fingerprint density at radius 1 is 1.53 bits per heavy atom. The highest BCUT2D eigenvalue weighted by Gasteiger charge is 2.16. The van der Waals surface area contributed by atoms with Crippen molar-refractivity contribution in [2.24, 2.45) is 0 Å². The molecule has 1 aromatic rings. The van der Waals surface area contributed by atoms with Crippen LogP contribution in [0, 0.1) is 0 Å². The lowest BCUT2D eigenvalue weighted by atomic mass is 10.3. The summed E-state index contributed by atoms with van der Waals surface area (Å²) >= 11 is 1.70. The molecule has 0 unspecified atom stereocenters. The van der Waals surface area contributed by atoms with Crippen LogP contribution in [0.5, 0.6) is 0 Å². The highest BCUT2D eigenvalue weighted by molar-refractivity contribution is 7.09. The summed E-state index contributed by atoms with van der Waals surface area (Å²) in [7, 11) is 1.88. The van der Waals surface area contributed by atoms with Crippen molar-refractivity contribution in [1.82, 2.24) is 15.1 Å². The maximum absolute atomic E-state index is 12.0. The molecule has 5 heteroatoms. The number of carbonyl (C=O) groups is 1. The van der Waals surface area contributed by atoms with E-state index in [1.54, 1.807) is 11.3 Å². The van der Waals surface area contributed by atoms with Crippen LogP contribution in [0.2, 0.25) is 0 Å². The summed E-state index contributed by atoms with van der Waals surface area (Å²) in [6.07, 6.45) is 0. The molecule has 1 saturated heterocycles. The normalized spacial score (nSPS) is 17.0. The van der Waals surface area contributed by atoms with Crippen LogP contribution in [-0.4, -0.2) is 55.5 Å². The summed E-state index contributed by atoms with van der Waals surface area (Å²) < 4.78 is 0. The SMILES string of the molecule is CN(Cc1cccs1)C(=O)CN1CCNCC1. The highest BCUT2D eigenvalue weighted by Crippen LogP contribution is 2.11. The zero-order valence-electron chi connectivity index (χ0n) is 10.2. The molecule has 1 fully saturated rings. The van der Waals surface area contributed by atoms with Crippen molar-refractivity contribution >= 4 is 17.2 Å². The van der Waals surface area contributed by atoms with Gasteiger partial charge in [0.05, 0.1) is 13.1 Å². The summed E-state index contributed by atoms with van der Waals surface area (Å²) in [6, 6.07) is 4.09. The average Bonchev–Trinajstić information content (AvgIpc) is 2.83. The van der Waals surface area contributed by atoms with E-state index in [4.69, 9.17) is 0 Å². The van der Waals surface area contributed by atoms with Gasteiger partial charge in [-0.1, -0.05) is 6.07 Å². The van der Waals surface area contributed by atoms with E-state index in [1.807, 2.05) is 23.4 Å². The van der Waals surface area contributed by atoms with E-state index in [0.717, 1.165) is 32.7 Å². The van der Waals surface area contributed by atoms with Crippen LogP contribution in [0.25, 0.3) is 0 Å². The minimum Gasteiger partial charge on any atom is -0.340 e. The van der Waals surface area contributed by atoms with Crippen LogP contribution >= 0.6 is 11.3 Å². The second-order valence-corrected chi connectivity index (χ2v) is 5.39. The predicted octanol–water partition coefficient (Wildman–Crippen LogP) is 0.612. The van der Waals surface area contributed by atoms with Crippen molar-refractivity contribution in [2.75, 3.05) is 39.8 Å². The number of likely N-dealkylation sites (N-methyl/N-ethyl adjacent to an activating group) is 1. The molecule has 0 spiro atoms. The van der Waals surface area contributed by atoms with E-state index in [0.29, 0.717) is 6.54 Å². The van der Waals surface area contributed by atoms with Gasteiger partial charge >= 0.3 is 0 Å². The monoisotopic (exact) mass is 253 g/mol. The van der Waals surface area contributed by atoms with Gasteiger partial charge < -0.3 is 10.2 Å². The molecular weight excluding hydrogens is 234 g/mol. The van der Waals surface area contributed by atoms with Gasteiger partial charge in [-0.15, -0.1) is 11.3 Å². The smallest absolute Gasteiger partial charge is 0.236 e. The Kier molecular flexibility index (Phi) is 4.53. The van der Waals surface area contributed by atoms with E-state index >= 15 is 0 Å². The molecule has 1 aromatic heterocycles. The molecule has 0 saturated carbocycles. The third kappa shape index (κ3) is 3.80. The molecule has 0 radical (unpaired) electrons. The van der Waals surface area contributed by atoms with Gasteiger partial charge in [-0.3, -0.25) is 9.69 Å². The Bertz CT molecular complexity index is 347. The Morgan fingerprint density at radius 2 is 2.29 bits per heavy atom. The fraction of sp³-hybridized carbons (Fsp3) is 0.583. The number of thiophene rings is 1. The van der Waals surface area contributed by atoms with Gasteiger partial charge in [0.2, 0.25) is 5.91 Å². The molecule has 17 heavy (non-hydrogen) atoms. The van der Waals surface area contributed by atoms with Crippen LogP contribution in [0.3, 0.4) is 0 Å². The number of hydrogen-bond donors (Lipinski definition) is 1. The van der Waals surface area contributed by atoms with E-state index in [2.05, 4.69) is 16.3 Å². The minimum atomic E-state index is 0.209. The quantitative estimate of drug-likeness (QED) is 0.854. The standard InChI is InChI=1S/C12H19N3OS/c1-14(9-11-3-2-8-17-11)12(16)10-15-6-4-13-5-7-15/h2-3,8,13H,4-7,9-10H2,1H3. The van der Waals surface area contributed by atoms with Gasteiger partial charge in [0, 0.05) is 38.1 Å². The van der Waals surface area contributed by atoms with Crippen LogP contribution in [0.15, 0.2) is 17.5 Å². The lowest BCUT2D eigenvalue weighted by Gasteiger charge is -2.28. The summed E-state index contributed by atoms with van der Waals surface area (Å²) in [6.45, 7) is 5.19. The Labute approximate surface area is 106 Å². The largest absolute Gasteiger partial charge is 0.340 e. The van der Waals surface area contributed by atoms with Crippen molar-refractivity contribution in [3.8, 4) is 0 Å². The van der Waals surface area contributed by atoms with E-state index in [1.165, 1.54) is 4.88 Å². The molecule has 1 N–H and O–H groups in total. The average molecular weight is 253 g/mol. The van der Waals surface area contributed by atoms with E-state index in [9.17, 15) is 4.79 Å². The van der Waals surface area contributed by atoms with Gasteiger partial charge in [-0.2, -0.15) is 0 Å². The zero-order valence-corrected chi connectivity index (χ0v) is 11.0. The van der Waals surface area contributed by atoms with Crippen LogP contribution < -0.4 is 5.32 Å². The second-order valence-electron chi connectivity index (χ2n) is 4.36. The molecule has 2 heterocycles. The molecular formula is C12H19N3OS. The third-order valence-corrected chi connectivity index (χ3v) is 3.83. The molecule has 0 aromatic carbocycles. The maximum Gasteiger partial charge on any atom is 0.236 e. The Morgan fingerprint density at radius 3 is 2.94 bits per heavy atom. The number of piperazine rings is 1. The van der Waals surface area contributed by atoms with Crippen LogP contribution in [0.4, 0.5) is 0 Å². The molecule has 0 aliphatic carbocycles. The molecule has 94 valence electrons. The Balaban J connectivity index is 1.78. The van der Waals surface area contributed by atoms with Crippen molar-refractivity contribution in [3.05, 3.63) is 22.4 Å². The van der Waals surface area contributed by atoms with Gasteiger partial charge in [0.15, 0.2) is 0 Å². The Hall–Kier alpha value is -0.910. The first kappa shape index (κ1) is 12.5. The lowest BCUT2D eigenvalue weighted by molar-refractivity contribution is -0.131. The number of rotatable bonds is 4. The molecule has 4 nitrogen and oxygen atoms in total. The molecule has 2 rings (SSSR count). The van der Waals surface area contributed by atoms with Gasteiger partial charge in [0.25, 0.3) is 0 Å². The molecule has 1 aliphatic rings. The van der Waals surface area contributed by atoms with Crippen LogP contribution in [0.1, 0.15) is 4.88 Å². The summed E-state index contributed by atoms with van der Waals surface area (Å²) in [4.78, 5) is 17.3. The number of nitrogens with one attached hydrogen (secondary N) is 1. The number of hydrogen-bond acceptors (Lipinski definition) is 4. The second kappa shape index (κ2) is 6.14. The summed E-state index contributed by atoms with van der Waals surface area (Å²) in [5, 5.41) is 5.33. The topological polar surface area (TPSA) is 35.6 Å². The fourth-order valence-corrected chi connectivity index (χ4v) is 2.66. The first-order chi connectivity index (χ1) is 8.25. The lowest BCUT2D eigenvalue weighted by Crippen LogP contribution is -2.47. The maximum atomic E-state index is 12.0. The first-order valence-corrected chi connectivity index (χ1v) is 6.83. The molecule has 0 bridgehead atoms. The number of carbonyl (C=O) groups excluding carboxylic acids is 1. The molecule has 1 amide bonds. The number of amides is 1. The third-order valence-electron chi connectivity index (χ3n) is 2.97. The van der Waals surface area contributed by atoms with E-state index in [-0.39, 0.29) is 5.91 Å². The highest BCUT2D eigenvalue weighted by atomic mass is 32.1. The number of nitrogens with zero attached hydrogens (tertiary/aromatic N) is 2. The van der Waals surface area contributed by atoms with Gasteiger partial charge in [-0.05, 0) is 11.4 Å². The van der Waals surface area contributed by atoms with Crippen molar-refractivity contribution in [2.45, 2.75) is 6.54 Å². The summed E-state index contributed by atoms with van der Waals surface area (Å²) in [5.41, 5.74) is 0. The van der Waals surface area contributed by atoms with Crippen molar-refractivity contribution in [3.63, 3.8) is 0 Å². The van der Waals surface area contributed by atoms with Gasteiger partial charge in [-0.25, -0.2) is 0 Å². The van der Waals surface area contributed by atoms with E-state index < -0.39 is 0 Å². The fourth-order valence-electron chi connectivity index (χ4n) is 1.91. The zero-order chi connectivity index (χ0) is 12.1. The van der Waals surface area contributed by atoms with Crippen LogP contribution in [-0.2, 0) is 11.3 Å².